The Morgan fingerprint density at radius 1 is 1.37 bits per heavy atom. The monoisotopic (exact) mass is 401 g/mol. The van der Waals surface area contributed by atoms with Crippen molar-refractivity contribution in [1.29, 1.82) is 0 Å². The van der Waals surface area contributed by atoms with Gasteiger partial charge in [-0.05, 0) is 13.8 Å². The zero-order chi connectivity index (χ0) is 19.6. The van der Waals surface area contributed by atoms with Crippen LogP contribution in [0.15, 0.2) is 11.1 Å². The molecule has 0 aliphatic carbocycles. The molecular weight excluding hydrogens is 382 g/mol. The van der Waals surface area contributed by atoms with E-state index < -0.39 is 46.1 Å². The van der Waals surface area contributed by atoms with Crippen molar-refractivity contribution < 1.29 is 22.6 Å². The molecule has 2 fully saturated rings. The third-order valence-electron chi connectivity index (χ3n) is 4.34. The molecule has 0 bridgehead atoms. The van der Waals surface area contributed by atoms with Crippen LogP contribution in [0.5, 0.6) is 0 Å². The molecule has 2 aliphatic heterocycles. The number of nitrogens with two attached hydrogens (primary N) is 2. The molecule has 0 saturated carbocycles. The van der Waals surface area contributed by atoms with Crippen LogP contribution in [0, 0.1) is 0 Å². The molecule has 13 nitrogen and oxygen atoms in total. The number of aromatic amines is 1. The summed E-state index contributed by atoms with van der Waals surface area (Å²) in [6, 6.07) is 0. The highest BCUT2D eigenvalue weighted by Crippen LogP contribution is 2.43. The lowest BCUT2D eigenvalue weighted by atomic mass is 10.1. The molecule has 0 aromatic carbocycles. The van der Waals surface area contributed by atoms with Crippen molar-refractivity contribution >= 4 is 27.3 Å². The third kappa shape index (κ3) is 3.30. The van der Waals surface area contributed by atoms with Crippen molar-refractivity contribution in [1.82, 2.24) is 24.2 Å². The fraction of sp³-hybridized carbons (Fsp3) is 0.615. The molecule has 2 saturated heterocycles. The molecule has 4 heterocycles. The highest BCUT2D eigenvalue weighted by molar-refractivity contribution is 7.87. The van der Waals surface area contributed by atoms with Crippen molar-refractivity contribution in [2.45, 2.75) is 44.2 Å². The van der Waals surface area contributed by atoms with Crippen molar-refractivity contribution in [3.8, 4) is 0 Å². The number of anilines is 1. The first-order valence-corrected chi connectivity index (χ1v) is 9.59. The minimum absolute atomic E-state index is 0.0693. The summed E-state index contributed by atoms with van der Waals surface area (Å²) in [4.78, 5) is 22.5. The molecule has 2 unspecified atom stereocenters. The second-order valence-corrected chi connectivity index (χ2v) is 8.18. The minimum atomic E-state index is -3.91. The molecule has 2 aromatic heterocycles. The Bertz CT molecular complexity index is 1050. The SMILES string of the molecule is CC1(C)OC2C(O1)[C@@H](CNS(N)(=O)=O)O[C@H]2n1cnc2c(=O)[nH]c(N)nc21. The van der Waals surface area contributed by atoms with Gasteiger partial charge in [0.25, 0.3) is 15.8 Å². The van der Waals surface area contributed by atoms with Gasteiger partial charge in [0.05, 0.1) is 6.33 Å². The number of fused-ring (bicyclic) bond motifs is 2. The Hall–Kier alpha value is -2.10. The second-order valence-electron chi connectivity index (χ2n) is 6.80. The number of nitrogen functional groups attached to an aromatic ring is 1. The molecule has 0 spiro atoms. The lowest BCUT2D eigenvalue weighted by molar-refractivity contribution is -0.195. The second kappa shape index (κ2) is 5.95. The molecular formula is C13H19N7O6S. The summed E-state index contributed by atoms with van der Waals surface area (Å²) in [5.74, 6) is -0.975. The van der Waals surface area contributed by atoms with Gasteiger partial charge in [-0.1, -0.05) is 0 Å². The molecule has 4 atom stereocenters. The van der Waals surface area contributed by atoms with E-state index in [9.17, 15) is 13.2 Å². The number of rotatable bonds is 4. The highest BCUT2D eigenvalue weighted by atomic mass is 32.2. The molecule has 27 heavy (non-hydrogen) atoms. The fourth-order valence-corrected chi connectivity index (χ4v) is 3.77. The average Bonchev–Trinajstić information content (AvgIpc) is 3.15. The number of nitrogens with zero attached hydrogens (tertiary/aromatic N) is 3. The Kier molecular flexibility index (Phi) is 4.03. The van der Waals surface area contributed by atoms with Crippen LogP contribution in [-0.2, 0) is 24.4 Å². The molecule has 148 valence electrons. The van der Waals surface area contributed by atoms with Gasteiger partial charge in [-0.2, -0.15) is 18.1 Å². The zero-order valence-corrected chi connectivity index (χ0v) is 15.3. The Morgan fingerprint density at radius 3 is 2.78 bits per heavy atom. The Balaban J connectivity index is 1.71. The average molecular weight is 401 g/mol. The van der Waals surface area contributed by atoms with Crippen LogP contribution in [0.1, 0.15) is 20.1 Å². The minimum Gasteiger partial charge on any atom is -0.369 e. The van der Waals surface area contributed by atoms with Crippen LogP contribution in [0.2, 0.25) is 0 Å². The van der Waals surface area contributed by atoms with E-state index in [1.165, 1.54) is 10.9 Å². The van der Waals surface area contributed by atoms with E-state index in [1.807, 2.05) is 0 Å². The zero-order valence-electron chi connectivity index (χ0n) is 14.4. The van der Waals surface area contributed by atoms with Crippen molar-refractivity contribution in [3.63, 3.8) is 0 Å². The van der Waals surface area contributed by atoms with Gasteiger partial charge in [-0.25, -0.2) is 10.1 Å². The number of nitrogens with one attached hydrogen (secondary N) is 2. The summed E-state index contributed by atoms with van der Waals surface area (Å²) in [5, 5.41) is 5.00. The molecule has 2 aliphatic rings. The van der Waals surface area contributed by atoms with Crippen LogP contribution in [0.3, 0.4) is 0 Å². The van der Waals surface area contributed by atoms with Gasteiger partial charge >= 0.3 is 0 Å². The highest BCUT2D eigenvalue weighted by Gasteiger charge is 2.56. The fourth-order valence-electron chi connectivity index (χ4n) is 3.37. The summed E-state index contributed by atoms with van der Waals surface area (Å²) in [6.07, 6.45) is -1.22. The largest absolute Gasteiger partial charge is 0.369 e. The Morgan fingerprint density at radius 2 is 2.07 bits per heavy atom. The van der Waals surface area contributed by atoms with Crippen molar-refractivity contribution in [3.05, 3.63) is 16.7 Å². The van der Waals surface area contributed by atoms with Crippen LogP contribution >= 0.6 is 0 Å². The van der Waals surface area contributed by atoms with Crippen LogP contribution in [0.4, 0.5) is 5.95 Å². The topological polar surface area (TPSA) is 189 Å². The maximum atomic E-state index is 12.0. The molecule has 4 rings (SSSR count). The van der Waals surface area contributed by atoms with Gasteiger partial charge in [-0.3, -0.25) is 14.3 Å². The van der Waals surface area contributed by atoms with E-state index in [0.29, 0.717) is 0 Å². The smallest absolute Gasteiger partial charge is 0.280 e. The van der Waals surface area contributed by atoms with E-state index in [0.717, 1.165) is 0 Å². The van der Waals surface area contributed by atoms with E-state index in [2.05, 4.69) is 19.7 Å². The van der Waals surface area contributed by atoms with Crippen LogP contribution in [-0.4, -0.2) is 58.6 Å². The summed E-state index contributed by atoms with van der Waals surface area (Å²) in [7, 11) is -3.91. The number of hydrogen-bond donors (Lipinski definition) is 4. The molecule has 2 aromatic rings. The van der Waals surface area contributed by atoms with E-state index in [1.54, 1.807) is 13.8 Å². The first-order chi connectivity index (χ1) is 12.5. The van der Waals surface area contributed by atoms with Crippen LogP contribution < -0.4 is 21.2 Å². The van der Waals surface area contributed by atoms with Gasteiger partial charge in [-0.15, -0.1) is 0 Å². The summed E-state index contributed by atoms with van der Waals surface area (Å²) >= 11 is 0. The maximum absolute atomic E-state index is 12.0. The lowest BCUT2D eigenvalue weighted by Crippen LogP contribution is -2.42. The van der Waals surface area contributed by atoms with Gasteiger partial charge in [0.15, 0.2) is 23.2 Å². The quantitative estimate of drug-likeness (QED) is 0.445. The van der Waals surface area contributed by atoms with E-state index in [-0.39, 0.29) is 23.7 Å². The number of hydrogen-bond acceptors (Lipinski definition) is 9. The van der Waals surface area contributed by atoms with Crippen LogP contribution in [0.25, 0.3) is 11.2 Å². The predicted octanol–water partition coefficient (Wildman–Crippen LogP) is -2.09. The Labute approximate surface area is 153 Å². The van der Waals surface area contributed by atoms with E-state index >= 15 is 0 Å². The molecule has 6 N–H and O–H groups in total. The predicted molar refractivity (Wildman–Crippen MR) is 91.4 cm³/mol. The number of ether oxygens (including phenoxy) is 3. The number of H-pyrrole nitrogens is 1. The lowest BCUT2D eigenvalue weighted by Gasteiger charge is -2.24. The van der Waals surface area contributed by atoms with Crippen molar-refractivity contribution in [2.24, 2.45) is 5.14 Å². The van der Waals surface area contributed by atoms with Crippen molar-refractivity contribution in [2.75, 3.05) is 12.3 Å². The molecule has 14 heteroatoms. The van der Waals surface area contributed by atoms with Gasteiger partial charge in [0, 0.05) is 6.54 Å². The molecule has 0 radical (unpaired) electrons. The first kappa shape index (κ1) is 18.3. The van der Waals surface area contributed by atoms with Gasteiger partial charge in [0.2, 0.25) is 5.95 Å². The number of imidazole rings is 1. The number of aromatic nitrogens is 4. The van der Waals surface area contributed by atoms with Gasteiger partial charge < -0.3 is 19.9 Å². The first-order valence-electron chi connectivity index (χ1n) is 8.05. The van der Waals surface area contributed by atoms with Gasteiger partial charge in [0.1, 0.15) is 18.3 Å². The third-order valence-corrected chi connectivity index (χ3v) is 4.90. The maximum Gasteiger partial charge on any atom is 0.280 e. The summed E-state index contributed by atoms with van der Waals surface area (Å²) < 4.78 is 43.9. The summed E-state index contributed by atoms with van der Waals surface area (Å²) in [5.41, 5.74) is 5.45. The van der Waals surface area contributed by atoms with E-state index in [4.69, 9.17) is 25.1 Å². The standard InChI is InChI=1S/C13H19N7O6S/c1-13(2)25-7-5(3-17-27(15,22)23)24-11(8(7)26-13)20-4-16-6-9(20)18-12(14)19-10(6)21/h4-5,7-8,11,17H,3H2,1-2H3,(H2,15,22,23)(H3,14,18,19,21)/t5-,7?,8?,11-/m1/s1. The molecule has 0 amide bonds. The summed E-state index contributed by atoms with van der Waals surface area (Å²) in [6.45, 7) is 3.36. The normalized spacial score (nSPS) is 30.0.